The van der Waals surface area contributed by atoms with Gasteiger partial charge >= 0.3 is 6.61 Å². The number of carbonyl (C=O) groups is 1. The van der Waals surface area contributed by atoms with Crippen LogP contribution in [0, 0.1) is 5.92 Å². The van der Waals surface area contributed by atoms with Crippen LogP contribution in [0.4, 0.5) is 8.78 Å². The molecule has 7 nitrogen and oxygen atoms in total. The summed E-state index contributed by atoms with van der Waals surface area (Å²) in [6.07, 6.45) is 4.04. The van der Waals surface area contributed by atoms with E-state index in [0.717, 1.165) is 26.1 Å². The van der Waals surface area contributed by atoms with Crippen molar-refractivity contribution in [1.82, 2.24) is 10.2 Å². The molecule has 0 bridgehead atoms. The van der Waals surface area contributed by atoms with Crippen LogP contribution >= 0.6 is 0 Å². The third kappa shape index (κ3) is 7.15. The Hall–Kier alpha value is -2.23. The van der Waals surface area contributed by atoms with Gasteiger partial charge in [-0.25, -0.2) is 0 Å². The fraction of sp³-hybridized carbons (Fsp3) is 0.591. The number of halogens is 2. The van der Waals surface area contributed by atoms with Crippen molar-refractivity contribution >= 4 is 12.0 Å². The first-order valence-corrected chi connectivity index (χ1v) is 10.6. The van der Waals surface area contributed by atoms with Crippen LogP contribution in [0.25, 0.3) is 6.08 Å². The Labute approximate surface area is 181 Å². The summed E-state index contributed by atoms with van der Waals surface area (Å²) in [6, 6.07) is 4.77. The minimum absolute atomic E-state index is 0.0365. The number of benzene rings is 1. The summed E-state index contributed by atoms with van der Waals surface area (Å²) < 4.78 is 45.9. The van der Waals surface area contributed by atoms with Crippen LogP contribution in [0.5, 0.6) is 11.5 Å². The predicted octanol–water partition coefficient (Wildman–Crippen LogP) is 2.55. The lowest BCUT2D eigenvalue weighted by Gasteiger charge is -2.37. The number of amides is 1. The van der Waals surface area contributed by atoms with Gasteiger partial charge in [0.1, 0.15) is 0 Å². The summed E-state index contributed by atoms with van der Waals surface area (Å²) in [5.41, 5.74) is 0.647. The quantitative estimate of drug-likeness (QED) is 0.564. The SMILES string of the molecule is CCOc1cc(/C=C/C(=O)NCC(C2CCOC2)N2CCOCC2)ccc1OC(F)F. The number of morpholine rings is 1. The molecule has 2 fully saturated rings. The number of carbonyl (C=O) groups excluding carboxylic acids is 1. The van der Waals surface area contributed by atoms with E-state index in [1.165, 1.54) is 12.1 Å². The van der Waals surface area contributed by atoms with E-state index in [1.54, 1.807) is 25.1 Å². The second-order valence-corrected chi connectivity index (χ2v) is 7.44. The van der Waals surface area contributed by atoms with Crippen molar-refractivity contribution < 1.29 is 32.5 Å². The highest BCUT2D eigenvalue weighted by Crippen LogP contribution is 2.30. The predicted molar refractivity (Wildman–Crippen MR) is 111 cm³/mol. The van der Waals surface area contributed by atoms with E-state index in [-0.39, 0.29) is 23.4 Å². The molecule has 9 heteroatoms. The monoisotopic (exact) mass is 440 g/mol. The number of rotatable bonds is 10. The molecule has 0 radical (unpaired) electrons. The molecule has 1 aromatic rings. The van der Waals surface area contributed by atoms with Crippen molar-refractivity contribution in [3.05, 3.63) is 29.8 Å². The molecule has 0 aromatic heterocycles. The van der Waals surface area contributed by atoms with Gasteiger partial charge in [-0.3, -0.25) is 9.69 Å². The summed E-state index contributed by atoms with van der Waals surface area (Å²) in [6.45, 7) is 4.22. The maximum absolute atomic E-state index is 12.5. The van der Waals surface area contributed by atoms with Gasteiger partial charge in [-0.1, -0.05) is 6.07 Å². The van der Waals surface area contributed by atoms with Crippen molar-refractivity contribution in [2.75, 3.05) is 52.7 Å². The summed E-state index contributed by atoms with van der Waals surface area (Å²) in [5, 5.41) is 2.99. The molecule has 1 N–H and O–H groups in total. The number of ether oxygens (including phenoxy) is 4. The van der Waals surface area contributed by atoms with Crippen LogP contribution in [-0.4, -0.2) is 76.1 Å². The van der Waals surface area contributed by atoms with E-state index >= 15 is 0 Å². The maximum atomic E-state index is 12.5. The third-order valence-electron chi connectivity index (χ3n) is 5.42. The summed E-state index contributed by atoms with van der Waals surface area (Å²) in [7, 11) is 0. The Morgan fingerprint density at radius 2 is 2.06 bits per heavy atom. The number of hydrogen-bond donors (Lipinski definition) is 1. The van der Waals surface area contributed by atoms with Crippen LogP contribution < -0.4 is 14.8 Å². The molecule has 2 saturated heterocycles. The lowest BCUT2D eigenvalue weighted by molar-refractivity contribution is -0.116. The molecule has 31 heavy (non-hydrogen) atoms. The fourth-order valence-electron chi connectivity index (χ4n) is 3.89. The van der Waals surface area contributed by atoms with E-state index < -0.39 is 6.61 Å². The molecule has 2 aliphatic heterocycles. The first-order valence-electron chi connectivity index (χ1n) is 10.6. The van der Waals surface area contributed by atoms with Crippen molar-refractivity contribution in [2.24, 2.45) is 5.92 Å². The van der Waals surface area contributed by atoms with Gasteiger partial charge in [-0.15, -0.1) is 0 Å². The molecule has 2 atom stereocenters. The van der Waals surface area contributed by atoms with Gasteiger partial charge in [-0.2, -0.15) is 8.78 Å². The maximum Gasteiger partial charge on any atom is 0.387 e. The summed E-state index contributed by atoms with van der Waals surface area (Å²) in [5.74, 6) is 0.339. The molecule has 0 spiro atoms. The van der Waals surface area contributed by atoms with E-state index in [0.29, 0.717) is 44.5 Å². The normalized spacial score (nSPS) is 20.8. The van der Waals surface area contributed by atoms with E-state index in [2.05, 4.69) is 15.0 Å². The minimum atomic E-state index is -2.93. The van der Waals surface area contributed by atoms with Gasteiger partial charge in [0.25, 0.3) is 0 Å². The number of alkyl halides is 2. The molecule has 0 aliphatic carbocycles. The Bertz CT molecular complexity index is 735. The Kier molecular flexibility index (Phi) is 9.05. The zero-order valence-electron chi connectivity index (χ0n) is 17.7. The van der Waals surface area contributed by atoms with Crippen molar-refractivity contribution in [3.63, 3.8) is 0 Å². The van der Waals surface area contributed by atoms with Crippen LogP contribution in [-0.2, 0) is 14.3 Å². The molecular formula is C22H30F2N2O5. The smallest absolute Gasteiger partial charge is 0.387 e. The summed E-state index contributed by atoms with van der Waals surface area (Å²) in [4.78, 5) is 14.8. The second kappa shape index (κ2) is 12.0. The van der Waals surface area contributed by atoms with Gasteiger partial charge in [-0.05, 0) is 37.1 Å². The van der Waals surface area contributed by atoms with Crippen molar-refractivity contribution in [3.8, 4) is 11.5 Å². The molecule has 1 amide bonds. The molecular weight excluding hydrogens is 410 g/mol. The minimum Gasteiger partial charge on any atom is -0.490 e. The molecule has 2 unspecified atom stereocenters. The highest BCUT2D eigenvalue weighted by Gasteiger charge is 2.31. The number of nitrogens with one attached hydrogen (secondary N) is 1. The zero-order valence-corrected chi connectivity index (χ0v) is 17.7. The Morgan fingerprint density at radius 1 is 1.26 bits per heavy atom. The van der Waals surface area contributed by atoms with Gasteiger partial charge in [0, 0.05) is 44.3 Å². The summed E-state index contributed by atoms with van der Waals surface area (Å²) >= 11 is 0. The lowest BCUT2D eigenvalue weighted by Crippen LogP contribution is -2.52. The number of hydrogen-bond acceptors (Lipinski definition) is 6. The van der Waals surface area contributed by atoms with E-state index in [4.69, 9.17) is 14.2 Å². The van der Waals surface area contributed by atoms with Crippen LogP contribution in [0.15, 0.2) is 24.3 Å². The average Bonchev–Trinajstić information content (AvgIpc) is 3.29. The number of nitrogens with zero attached hydrogens (tertiary/aromatic N) is 1. The third-order valence-corrected chi connectivity index (χ3v) is 5.42. The molecule has 0 saturated carbocycles. The highest BCUT2D eigenvalue weighted by molar-refractivity contribution is 5.91. The van der Waals surface area contributed by atoms with Crippen LogP contribution in [0.2, 0.25) is 0 Å². The average molecular weight is 440 g/mol. The standard InChI is InChI=1S/C22H30F2N2O5/c1-2-30-20-13-16(3-5-19(20)31-22(23)24)4-6-21(27)25-14-18(17-7-10-29-15-17)26-8-11-28-12-9-26/h3-6,13,17-18,22H,2,7-12,14-15H2,1H3,(H,25,27)/b6-4+. The van der Waals surface area contributed by atoms with E-state index in [9.17, 15) is 13.6 Å². The first kappa shape index (κ1) is 23.4. The Morgan fingerprint density at radius 3 is 2.74 bits per heavy atom. The van der Waals surface area contributed by atoms with Crippen molar-refractivity contribution in [1.29, 1.82) is 0 Å². The molecule has 2 heterocycles. The molecule has 172 valence electrons. The molecule has 3 rings (SSSR count). The first-order chi connectivity index (χ1) is 15.1. The Balaban J connectivity index is 1.58. The largest absolute Gasteiger partial charge is 0.490 e. The topological polar surface area (TPSA) is 69.3 Å². The van der Waals surface area contributed by atoms with Crippen molar-refractivity contribution in [2.45, 2.75) is 26.0 Å². The molecule has 1 aromatic carbocycles. The fourth-order valence-corrected chi connectivity index (χ4v) is 3.89. The van der Waals surface area contributed by atoms with E-state index in [1.807, 2.05) is 0 Å². The van der Waals surface area contributed by atoms with Crippen LogP contribution in [0.1, 0.15) is 18.9 Å². The van der Waals surface area contributed by atoms with Gasteiger partial charge in [0.15, 0.2) is 11.5 Å². The lowest BCUT2D eigenvalue weighted by atomic mass is 9.97. The second-order valence-electron chi connectivity index (χ2n) is 7.44. The van der Waals surface area contributed by atoms with Gasteiger partial charge in [0.2, 0.25) is 5.91 Å². The van der Waals surface area contributed by atoms with Crippen LogP contribution in [0.3, 0.4) is 0 Å². The highest BCUT2D eigenvalue weighted by atomic mass is 19.3. The van der Waals surface area contributed by atoms with Gasteiger partial charge < -0.3 is 24.3 Å². The van der Waals surface area contributed by atoms with Gasteiger partial charge in [0.05, 0.1) is 26.4 Å². The zero-order chi connectivity index (χ0) is 22.1. The molecule has 2 aliphatic rings.